The molecule has 0 aromatic heterocycles. The Bertz CT molecular complexity index is 480. The van der Waals surface area contributed by atoms with E-state index in [4.69, 9.17) is 23.1 Å². The van der Waals surface area contributed by atoms with Crippen LogP contribution < -0.4 is 11.5 Å². The summed E-state index contributed by atoms with van der Waals surface area (Å²) >= 11 is 6.24. The first kappa shape index (κ1) is 14.3. The summed E-state index contributed by atoms with van der Waals surface area (Å²) in [5.74, 6) is -0.245. The average molecular weight is 282 g/mol. The van der Waals surface area contributed by atoms with Gasteiger partial charge in [0.1, 0.15) is 0 Å². The van der Waals surface area contributed by atoms with Gasteiger partial charge in [0.15, 0.2) is 0 Å². The standard InChI is InChI=1S/C14H20ClN3O/c1-14(13(17)19)6-7-18(9-14)12(8-16)10-4-2-3-5-11(10)15/h2-5,12H,6-9,16H2,1H3,(H2,17,19). The summed E-state index contributed by atoms with van der Waals surface area (Å²) in [6, 6.07) is 7.74. The molecular formula is C14H20ClN3O. The molecule has 1 aliphatic heterocycles. The third-order valence-corrected chi connectivity index (χ3v) is 4.37. The minimum atomic E-state index is -0.464. The number of amides is 1. The Morgan fingerprint density at radius 3 is 2.74 bits per heavy atom. The first-order valence-corrected chi connectivity index (χ1v) is 6.84. The van der Waals surface area contributed by atoms with Gasteiger partial charge in [0, 0.05) is 24.2 Å². The number of nitrogens with two attached hydrogens (primary N) is 2. The van der Waals surface area contributed by atoms with Crippen molar-refractivity contribution in [2.24, 2.45) is 16.9 Å². The molecule has 2 atom stereocenters. The van der Waals surface area contributed by atoms with E-state index in [0.29, 0.717) is 18.1 Å². The Labute approximate surface area is 118 Å². The molecule has 19 heavy (non-hydrogen) atoms. The molecule has 1 aromatic carbocycles. The van der Waals surface area contributed by atoms with Gasteiger partial charge in [0.2, 0.25) is 5.91 Å². The number of primary amides is 1. The van der Waals surface area contributed by atoms with Crippen LogP contribution in [-0.2, 0) is 4.79 Å². The smallest absolute Gasteiger partial charge is 0.224 e. The van der Waals surface area contributed by atoms with E-state index in [1.54, 1.807) is 0 Å². The van der Waals surface area contributed by atoms with Crippen LogP contribution in [0.15, 0.2) is 24.3 Å². The largest absolute Gasteiger partial charge is 0.369 e. The van der Waals surface area contributed by atoms with E-state index in [-0.39, 0.29) is 11.9 Å². The predicted octanol–water partition coefficient (Wildman–Crippen LogP) is 1.54. The number of carbonyl (C=O) groups is 1. The molecule has 4 nitrogen and oxygen atoms in total. The molecule has 2 rings (SSSR count). The van der Waals surface area contributed by atoms with Crippen molar-refractivity contribution in [2.45, 2.75) is 19.4 Å². The molecule has 2 unspecified atom stereocenters. The van der Waals surface area contributed by atoms with E-state index in [9.17, 15) is 4.79 Å². The highest BCUT2D eigenvalue weighted by atomic mass is 35.5. The van der Waals surface area contributed by atoms with Gasteiger partial charge in [-0.15, -0.1) is 0 Å². The second-order valence-electron chi connectivity index (χ2n) is 5.42. The summed E-state index contributed by atoms with van der Waals surface area (Å²) in [7, 11) is 0. The number of benzene rings is 1. The van der Waals surface area contributed by atoms with Gasteiger partial charge < -0.3 is 11.5 Å². The van der Waals surface area contributed by atoms with E-state index < -0.39 is 5.41 Å². The monoisotopic (exact) mass is 281 g/mol. The van der Waals surface area contributed by atoms with Gasteiger partial charge in [-0.05, 0) is 31.5 Å². The maximum atomic E-state index is 11.5. The number of likely N-dealkylation sites (tertiary alicyclic amines) is 1. The SMILES string of the molecule is CC1(C(N)=O)CCN(C(CN)c2ccccc2Cl)C1. The Hall–Kier alpha value is -1.10. The van der Waals surface area contributed by atoms with Gasteiger partial charge in [-0.2, -0.15) is 0 Å². The second kappa shape index (κ2) is 5.49. The quantitative estimate of drug-likeness (QED) is 0.879. The normalized spacial score (nSPS) is 25.4. The lowest BCUT2D eigenvalue weighted by molar-refractivity contribution is -0.126. The number of rotatable bonds is 4. The Morgan fingerprint density at radius 1 is 1.53 bits per heavy atom. The third kappa shape index (κ3) is 2.76. The first-order valence-electron chi connectivity index (χ1n) is 6.46. The van der Waals surface area contributed by atoms with Crippen molar-refractivity contribution in [1.29, 1.82) is 0 Å². The Kier molecular flexibility index (Phi) is 4.13. The summed E-state index contributed by atoms with van der Waals surface area (Å²) < 4.78 is 0. The topological polar surface area (TPSA) is 72.4 Å². The van der Waals surface area contributed by atoms with E-state index in [0.717, 1.165) is 18.5 Å². The lowest BCUT2D eigenvalue weighted by atomic mass is 9.89. The number of carbonyl (C=O) groups excluding carboxylic acids is 1. The van der Waals surface area contributed by atoms with Crippen LogP contribution in [0.25, 0.3) is 0 Å². The van der Waals surface area contributed by atoms with Crippen molar-refractivity contribution in [3.63, 3.8) is 0 Å². The highest BCUT2D eigenvalue weighted by Crippen LogP contribution is 2.36. The molecule has 5 heteroatoms. The molecule has 1 fully saturated rings. The molecule has 0 spiro atoms. The number of hydrogen-bond donors (Lipinski definition) is 2. The molecule has 1 aromatic rings. The zero-order chi connectivity index (χ0) is 14.0. The first-order chi connectivity index (χ1) is 8.98. The summed E-state index contributed by atoms with van der Waals surface area (Å²) in [6.45, 7) is 3.83. The van der Waals surface area contributed by atoms with E-state index >= 15 is 0 Å². The summed E-state index contributed by atoms with van der Waals surface area (Å²) in [6.07, 6.45) is 0.767. The fourth-order valence-corrected chi connectivity index (χ4v) is 2.94. The Balaban J connectivity index is 2.21. The molecule has 104 valence electrons. The maximum Gasteiger partial charge on any atom is 0.224 e. The van der Waals surface area contributed by atoms with Crippen molar-refractivity contribution in [1.82, 2.24) is 4.90 Å². The zero-order valence-corrected chi connectivity index (χ0v) is 11.9. The molecule has 0 radical (unpaired) electrons. The second-order valence-corrected chi connectivity index (χ2v) is 5.83. The van der Waals surface area contributed by atoms with Crippen LogP contribution in [0.5, 0.6) is 0 Å². The van der Waals surface area contributed by atoms with Crippen LogP contribution in [0.1, 0.15) is 24.9 Å². The molecule has 1 amide bonds. The van der Waals surface area contributed by atoms with Gasteiger partial charge in [0.05, 0.1) is 5.41 Å². The number of halogens is 1. The molecule has 0 saturated carbocycles. The molecule has 0 aliphatic carbocycles. The maximum absolute atomic E-state index is 11.5. The van der Waals surface area contributed by atoms with E-state index in [1.165, 1.54) is 0 Å². The third-order valence-electron chi connectivity index (χ3n) is 4.03. The lowest BCUT2D eigenvalue weighted by Gasteiger charge is -2.29. The highest BCUT2D eigenvalue weighted by Gasteiger charge is 2.41. The molecule has 4 N–H and O–H groups in total. The number of nitrogens with zero attached hydrogens (tertiary/aromatic N) is 1. The van der Waals surface area contributed by atoms with E-state index in [1.807, 2.05) is 31.2 Å². The summed E-state index contributed by atoms with van der Waals surface area (Å²) in [5, 5.41) is 0.714. The number of hydrogen-bond acceptors (Lipinski definition) is 3. The van der Waals surface area contributed by atoms with Crippen molar-refractivity contribution in [3.8, 4) is 0 Å². The zero-order valence-electron chi connectivity index (χ0n) is 11.1. The van der Waals surface area contributed by atoms with Gasteiger partial charge >= 0.3 is 0 Å². The lowest BCUT2D eigenvalue weighted by Crippen LogP contribution is -2.39. The fourth-order valence-electron chi connectivity index (χ4n) is 2.68. The minimum absolute atomic E-state index is 0.0369. The van der Waals surface area contributed by atoms with Crippen LogP contribution in [0.3, 0.4) is 0 Å². The summed E-state index contributed by atoms with van der Waals surface area (Å²) in [5.41, 5.74) is 11.9. The molecule has 1 aliphatic rings. The molecule has 0 bridgehead atoms. The van der Waals surface area contributed by atoms with Crippen LogP contribution in [-0.4, -0.2) is 30.4 Å². The highest BCUT2D eigenvalue weighted by molar-refractivity contribution is 6.31. The fraction of sp³-hybridized carbons (Fsp3) is 0.500. The summed E-state index contributed by atoms with van der Waals surface area (Å²) in [4.78, 5) is 13.7. The molecule has 1 heterocycles. The van der Waals surface area contributed by atoms with Crippen molar-refractivity contribution >= 4 is 17.5 Å². The van der Waals surface area contributed by atoms with Crippen molar-refractivity contribution in [3.05, 3.63) is 34.9 Å². The van der Waals surface area contributed by atoms with Crippen LogP contribution in [0, 0.1) is 5.41 Å². The van der Waals surface area contributed by atoms with Crippen molar-refractivity contribution < 1.29 is 4.79 Å². The van der Waals surface area contributed by atoms with Gasteiger partial charge in [-0.25, -0.2) is 0 Å². The molecular weight excluding hydrogens is 262 g/mol. The van der Waals surface area contributed by atoms with Crippen LogP contribution in [0.4, 0.5) is 0 Å². The van der Waals surface area contributed by atoms with Crippen molar-refractivity contribution in [2.75, 3.05) is 19.6 Å². The average Bonchev–Trinajstić information content (AvgIpc) is 2.77. The molecule has 1 saturated heterocycles. The Morgan fingerprint density at radius 2 is 2.21 bits per heavy atom. The minimum Gasteiger partial charge on any atom is -0.369 e. The predicted molar refractivity (Wildman–Crippen MR) is 76.7 cm³/mol. The van der Waals surface area contributed by atoms with Gasteiger partial charge in [-0.1, -0.05) is 29.8 Å². The van der Waals surface area contributed by atoms with Crippen LogP contribution >= 0.6 is 11.6 Å². The van der Waals surface area contributed by atoms with Gasteiger partial charge in [0.25, 0.3) is 0 Å². The van der Waals surface area contributed by atoms with Crippen LogP contribution in [0.2, 0.25) is 5.02 Å². The van der Waals surface area contributed by atoms with Gasteiger partial charge in [-0.3, -0.25) is 9.69 Å². The van der Waals surface area contributed by atoms with E-state index in [2.05, 4.69) is 4.90 Å².